The standard InChI is InChI=1S/C9H14N4O4/c1-6-10-11-7(12(6)2)3-13(4-8(14)15)5-9(16)17/h3-5H2,1-2H3,(H,14,15)(H,16,17). The summed E-state index contributed by atoms with van der Waals surface area (Å²) in [7, 11) is 1.74. The zero-order valence-corrected chi connectivity index (χ0v) is 9.62. The number of hydrogen-bond acceptors (Lipinski definition) is 5. The fraction of sp³-hybridized carbons (Fsp3) is 0.556. The van der Waals surface area contributed by atoms with Crippen molar-refractivity contribution < 1.29 is 19.8 Å². The van der Waals surface area contributed by atoms with Gasteiger partial charge >= 0.3 is 11.9 Å². The highest BCUT2D eigenvalue weighted by Gasteiger charge is 2.16. The number of carboxylic acids is 2. The molecule has 0 spiro atoms. The zero-order chi connectivity index (χ0) is 13.0. The molecule has 0 aliphatic heterocycles. The number of nitrogens with zero attached hydrogens (tertiary/aromatic N) is 4. The molecule has 0 bridgehead atoms. The van der Waals surface area contributed by atoms with Crippen LogP contribution in [0.4, 0.5) is 0 Å². The topological polar surface area (TPSA) is 109 Å². The van der Waals surface area contributed by atoms with Gasteiger partial charge < -0.3 is 14.8 Å². The number of aromatic nitrogens is 3. The minimum Gasteiger partial charge on any atom is -0.480 e. The molecule has 8 heteroatoms. The van der Waals surface area contributed by atoms with Crippen LogP contribution in [-0.4, -0.2) is 54.9 Å². The van der Waals surface area contributed by atoms with E-state index in [1.54, 1.807) is 18.5 Å². The highest BCUT2D eigenvalue weighted by molar-refractivity contribution is 5.72. The Morgan fingerprint density at radius 3 is 2.12 bits per heavy atom. The number of rotatable bonds is 6. The lowest BCUT2D eigenvalue weighted by atomic mass is 10.4. The van der Waals surface area contributed by atoms with Gasteiger partial charge in [0.15, 0.2) is 0 Å². The van der Waals surface area contributed by atoms with Crippen LogP contribution >= 0.6 is 0 Å². The summed E-state index contributed by atoms with van der Waals surface area (Å²) in [5.41, 5.74) is 0. The Hall–Kier alpha value is -1.96. The first-order chi connectivity index (χ1) is 7.90. The third-order valence-corrected chi connectivity index (χ3v) is 2.27. The van der Waals surface area contributed by atoms with Gasteiger partial charge in [0.05, 0.1) is 19.6 Å². The molecule has 0 atom stereocenters. The maximum atomic E-state index is 10.6. The molecule has 17 heavy (non-hydrogen) atoms. The van der Waals surface area contributed by atoms with Crippen LogP contribution < -0.4 is 0 Å². The van der Waals surface area contributed by atoms with E-state index < -0.39 is 11.9 Å². The van der Waals surface area contributed by atoms with Crippen LogP contribution in [0, 0.1) is 6.92 Å². The van der Waals surface area contributed by atoms with Crippen molar-refractivity contribution >= 4 is 11.9 Å². The van der Waals surface area contributed by atoms with Gasteiger partial charge in [-0.05, 0) is 6.92 Å². The molecule has 0 aliphatic rings. The molecule has 94 valence electrons. The third-order valence-electron chi connectivity index (χ3n) is 2.27. The van der Waals surface area contributed by atoms with E-state index in [4.69, 9.17) is 10.2 Å². The molecular formula is C9H14N4O4. The molecule has 0 unspecified atom stereocenters. The van der Waals surface area contributed by atoms with E-state index in [1.807, 2.05) is 0 Å². The predicted molar refractivity (Wildman–Crippen MR) is 56.3 cm³/mol. The summed E-state index contributed by atoms with van der Waals surface area (Å²) in [5.74, 6) is -0.939. The minimum absolute atomic E-state index is 0.135. The van der Waals surface area contributed by atoms with Gasteiger partial charge in [0.25, 0.3) is 0 Å². The molecule has 0 aliphatic carbocycles. The molecule has 0 aromatic carbocycles. The second-order valence-corrected chi connectivity index (χ2v) is 3.66. The highest BCUT2D eigenvalue weighted by atomic mass is 16.4. The Morgan fingerprint density at radius 2 is 1.76 bits per heavy atom. The molecule has 0 radical (unpaired) electrons. The Kier molecular flexibility index (Phi) is 4.16. The van der Waals surface area contributed by atoms with E-state index in [0.29, 0.717) is 11.6 Å². The summed E-state index contributed by atoms with van der Waals surface area (Å²) >= 11 is 0. The summed E-state index contributed by atoms with van der Waals surface area (Å²) in [4.78, 5) is 22.5. The fourth-order valence-electron chi connectivity index (χ4n) is 1.34. The number of aryl methyl sites for hydroxylation is 1. The Bertz CT molecular complexity index is 413. The number of hydrogen-bond donors (Lipinski definition) is 2. The molecule has 1 aromatic rings. The Balaban J connectivity index is 2.74. The molecule has 8 nitrogen and oxygen atoms in total. The molecule has 0 fully saturated rings. The summed E-state index contributed by atoms with van der Waals surface area (Å²) in [6.07, 6.45) is 0. The van der Waals surface area contributed by atoms with Crippen molar-refractivity contribution in [2.75, 3.05) is 13.1 Å². The maximum Gasteiger partial charge on any atom is 0.317 e. The second-order valence-electron chi connectivity index (χ2n) is 3.66. The van der Waals surface area contributed by atoms with Crippen LogP contribution in [0.3, 0.4) is 0 Å². The van der Waals surface area contributed by atoms with Crippen molar-refractivity contribution in [3.63, 3.8) is 0 Å². The lowest BCUT2D eigenvalue weighted by molar-refractivity contribution is -0.142. The van der Waals surface area contributed by atoms with Crippen LogP contribution in [0.15, 0.2) is 0 Å². The van der Waals surface area contributed by atoms with Gasteiger partial charge in [0.2, 0.25) is 0 Å². The minimum atomic E-state index is -1.08. The molecule has 1 aromatic heterocycles. The first-order valence-corrected chi connectivity index (χ1v) is 4.91. The van der Waals surface area contributed by atoms with Crippen LogP contribution in [-0.2, 0) is 23.2 Å². The highest BCUT2D eigenvalue weighted by Crippen LogP contribution is 2.02. The van der Waals surface area contributed by atoms with Crippen molar-refractivity contribution in [2.45, 2.75) is 13.5 Å². The predicted octanol–water partition coefficient (Wildman–Crippen LogP) is -0.905. The van der Waals surface area contributed by atoms with Gasteiger partial charge in [-0.15, -0.1) is 10.2 Å². The van der Waals surface area contributed by atoms with Crippen molar-refractivity contribution in [3.8, 4) is 0 Å². The van der Waals surface area contributed by atoms with E-state index in [9.17, 15) is 9.59 Å². The fourth-order valence-corrected chi connectivity index (χ4v) is 1.34. The molecule has 0 amide bonds. The third kappa shape index (κ3) is 3.83. The molecular weight excluding hydrogens is 228 g/mol. The van der Waals surface area contributed by atoms with Gasteiger partial charge in [-0.2, -0.15) is 0 Å². The largest absolute Gasteiger partial charge is 0.480 e. The van der Waals surface area contributed by atoms with Crippen molar-refractivity contribution in [2.24, 2.45) is 7.05 Å². The Labute approximate surface area is 97.5 Å². The lowest BCUT2D eigenvalue weighted by Crippen LogP contribution is -2.34. The van der Waals surface area contributed by atoms with Gasteiger partial charge in [-0.25, -0.2) is 0 Å². The summed E-state index contributed by atoms with van der Waals surface area (Å²) < 4.78 is 1.69. The monoisotopic (exact) mass is 242 g/mol. The zero-order valence-electron chi connectivity index (χ0n) is 9.62. The maximum absolute atomic E-state index is 10.6. The summed E-state index contributed by atoms with van der Waals surface area (Å²) in [6.45, 7) is 1.20. The molecule has 2 N–H and O–H groups in total. The normalized spacial score (nSPS) is 10.8. The van der Waals surface area contributed by atoms with Gasteiger partial charge in [0, 0.05) is 7.05 Å². The second kappa shape index (κ2) is 5.39. The SMILES string of the molecule is Cc1nnc(CN(CC(=O)O)CC(=O)O)n1C. The lowest BCUT2D eigenvalue weighted by Gasteiger charge is -2.16. The van der Waals surface area contributed by atoms with Crippen LogP contribution in [0.25, 0.3) is 0 Å². The van der Waals surface area contributed by atoms with Gasteiger partial charge in [-0.1, -0.05) is 0 Å². The first-order valence-electron chi connectivity index (χ1n) is 4.91. The van der Waals surface area contributed by atoms with Crippen LogP contribution in [0.2, 0.25) is 0 Å². The quantitative estimate of drug-likeness (QED) is 0.665. The van der Waals surface area contributed by atoms with Crippen LogP contribution in [0.1, 0.15) is 11.6 Å². The van der Waals surface area contributed by atoms with Gasteiger partial charge in [0.1, 0.15) is 11.6 Å². The van der Waals surface area contributed by atoms with Crippen LogP contribution in [0.5, 0.6) is 0 Å². The van der Waals surface area contributed by atoms with E-state index in [-0.39, 0.29) is 19.6 Å². The van der Waals surface area contributed by atoms with E-state index in [1.165, 1.54) is 4.90 Å². The summed E-state index contributed by atoms with van der Waals surface area (Å²) in [5, 5.41) is 25.0. The molecule has 0 saturated carbocycles. The summed E-state index contributed by atoms with van der Waals surface area (Å²) in [6, 6.07) is 0. The number of carboxylic acid groups (broad SMARTS) is 2. The van der Waals surface area contributed by atoms with E-state index in [2.05, 4.69) is 10.2 Å². The average molecular weight is 242 g/mol. The van der Waals surface area contributed by atoms with E-state index >= 15 is 0 Å². The number of aliphatic carboxylic acids is 2. The number of carbonyl (C=O) groups is 2. The smallest absolute Gasteiger partial charge is 0.317 e. The Morgan fingerprint density at radius 1 is 1.24 bits per heavy atom. The van der Waals surface area contributed by atoms with Crippen molar-refractivity contribution in [1.29, 1.82) is 0 Å². The molecule has 0 saturated heterocycles. The molecule has 1 heterocycles. The average Bonchev–Trinajstić information content (AvgIpc) is 2.47. The van der Waals surface area contributed by atoms with E-state index in [0.717, 1.165) is 0 Å². The first kappa shape index (κ1) is 13.1. The van der Waals surface area contributed by atoms with Crippen molar-refractivity contribution in [3.05, 3.63) is 11.6 Å². The molecule has 1 rings (SSSR count). The van der Waals surface area contributed by atoms with Gasteiger partial charge in [-0.3, -0.25) is 14.5 Å². The van der Waals surface area contributed by atoms with Crippen molar-refractivity contribution in [1.82, 2.24) is 19.7 Å².